The number of halogens is 4. The molecule has 0 saturated heterocycles. The van der Waals surface area contributed by atoms with E-state index in [9.17, 15) is 18.8 Å². The Bertz CT molecular complexity index is 1190. The van der Waals surface area contributed by atoms with E-state index in [1.165, 1.54) is 23.2 Å². The molecule has 1 aliphatic heterocycles. The van der Waals surface area contributed by atoms with Gasteiger partial charge in [0.2, 0.25) is 18.1 Å². The van der Waals surface area contributed by atoms with Gasteiger partial charge >= 0.3 is 6.61 Å². The van der Waals surface area contributed by atoms with Gasteiger partial charge in [-0.1, -0.05) is 42.3 Å². The molecule has 1 heterocycles. The Labute approximate surface area is 210 Å². The SMILES string of the molecule is CCN(CC(N)=O)C1CN(C(=NC#N)Nc2cccc(OC(F)F)c2)N=C1c1ccc(Cl)c(Cl)c1. The molecule has 0 spiro atoms. The molecule has 1 amide bonds. The second kappa shape index (κ2) is 11.8. The van der Waals surface area contributed by atoms with Crippen molar-refractivity contribution in [3.63, 3.8) is 0 Å². The molecular weight excluding hydrogens is 503 g/mol. The first kappa shape index (κ1) is 26.2. The van der Waals surface area contributed by atoms with Crippen LogP contribution in [0.1, 0.15) is 12.5 Å². The van der Waals surface area contributed by atoms with Crippen molar-refractivity contribution >= 4 is 46.5 Å². The van der Waals surface area contributed by atoms with Gasteiger partial charge in [-0.25, -0.2) is 5.01 Å². The molecule has 184 valence electrons. The molecule has 1 atom stereocenters. The van der Waals surface area contributed by atoms with Gasteiger partial charge in [0.15, 0.2) is 0 Å². The van der Waals surface area contributed by atoms with Crippen LogP contribution in [0.3, 0.4) is 0 Å². The summed E-state index contributed by atoms with van der Waals surface area (Å²) in [6.45, 7) is -0.458. The van der Waals surface area contributed by atoms with Crippen molar-refractivity contribution in [2.75, 3.05) is 25.0 Å². The largest absolute Gasteiger partial charge is 0.435 e. The molecule has 0 aromatic heterocycles. The second-order valence-electron chi connectivity index (χ2n) is 7.31. The summed E-state index contributed by atoms with van der Waals surface area (Å²) in [7, 11) is 0. The molecule has 35 heavy (non-hydrogen) atoms. The maximum atomic E-state index is 12.6. The molecule has 2 aromatic rings. The monoisotopic (exact) mass is 523 g/mol. The summed E-state index contributed by atoms with van der Waals surface area (Å²) in [4.78, 5) is 17.3. The van der Waals surface area contributed by atoms with Crippen LogP contribution in [0.15, 0.2) is 52.6 Å². The molecule has 0 aliphatic carbocycles. The van der Waals surface area contributed by atoms with E-state index in [2.05, 4.69) is 20.1 Å². The number of aliphatic imine (C=N–C) groups is 1. The number of amides is 1. The van der Waals surface area contributed by atoms with E-state index in [4.69, 9.17) is 28.9 Å². The maximum absolute atomic E-state index is 12.6. The number of nitriles is 1. The highest BCUT2D eigenvalue weighted by molar-refractivity contribution is 6.42. The van der Waals surface area contributed by atoms with Gasteiger partial charge in [0, 0.05) is 17.3 Å². The number of benzene rings is 2. The number of nitrogens with one attached hydrogen (secondary N) is 1. The smallest absolute Gasteiger partial charge is 0.387 e. The van der Waals surface area contributed by atoms with Gasteiger partial charge in [0.1, 0.15) is 5.75 Å². The molecule has 3 rings (SSSR count). The number of guanidine groups is 1. The van der Waals surface area contributed by atoms with Crippen LogP contribution < -0.4 is 15.8 Å². The van der Waals surface area contributed by atoms with Crippen molar-refractivity contribution in [1.29, 1.82) is 5.26 Å². The quantitative estimate of drug-likeness (QED) is 0.309. The average molecular weight is 524 g/mol. The van der Waals surface area contributed by atoms with E-state index in [1.807, 2.05) is 11.8 Å². The zero-order chi connectivity index (χ0) is 25.5. The number of carbonyl (C=O) groups excluding carboxylic acids is 1. The molecule has 2 aromatic carbocycles. The second-order valence-corrected chi connectivity index (χ2v) is 8.12. The lowest BCUT2D eigenvalue weighted by Gasteiger charge is -2.27. The van der Waals surface area contributed by atoms with Gasteiger partial charge in [-0.3, -0.25) is 9.69 Å². The number of hydrogen-bond acceptors (Lipinski definition) is 6. The minimum atomic E-state index is -2.99. The topological polar surface area (TPSA) is 119 Å². The van der Waals surface area contributed by atoms with E-state index in [0.717, 1.165) is 0 Å². The highest BCUT2D eigenvalue weighted by Gasteiger charge is 2.35. The van der Waals surface area contributed by atoms with Gasteiger partial charge < -0.3 is 15.8 Å². The zero-order valence-corrected chi connectivity index (χ0v) is 20.0. The Kier molecular flexibility index (Phi) is 8.81. The molecule has 0 radical (unpaired) electrons. The molecule has 1 unspecified atom stereocenters. The molecule has 0 saturated carbocycles. The normalized spacial score (nSPS) is 15.8. The Morgan fingerprint density at radius 2 is 2.14 bits per heavy atom. The third-order valence-electron chi connectivity index (χ3n) is 5.03. The number of rotatable bonds is 8. The van der Waals surface area contributed by atoms with E-state index < -0.39 is 18.6 Å². The van der Waals surface area contributed by atoms with Crippen LogP contribution in [0.2, 0.25) is 10.0 Å². The predicted molar refractivity (Wildman–Crippen MR) is 130 cm³/mol. The summed E-state index contributed by atoms with van der Waals surface area (Å²) >= 11 is 12.3. The summed E-state index contributed by atoms with van der Waals surface area (Å²) in [5, 5.41) is 18.9. The number of likely N-dealkylation sites (N-methyl/N-ethyl adjacent to an activating group) is 1. The van der Waals surface area contributed by atoms with Crippen molar-refractivity contribution in [2.45, 2.75) is 19.6 Å². The number of primary amides is 1. The van der Waals surface area contributed by atoms with Gasteiger partial charge in [-0.15, -0.1) is 4.99 Å². The van der Waals surface area contributed by atoms with Crippen LogP contribution in [-0.2, 0) is 4.79 Å². The van der Waals surface area contributed by atoms with Crippen molar-refractivity contribution in [1.82, 2.24) is 9.91 Å². The lowest BCUT2D eigenvalue weighted by Crippen LogP contribution is -2.47. The van der Waals surface area contributed by atoms with E-state index >= 15 is 0 Å². The molecule has 0 bridgehead atoms. The first-order valence-corrected chi connectivity index (χ1v) is 11.1. The third kappa shape index (κ3) is 6.79. The summed E-state index contributed by atoms with van der Waals surface area (Å²) in [6.07, 6.45) is 1.71. The first-order chi connectivity index (χ1) is 16.7. The number of nitrogens with zero attached hydrogens (tertiary/aromatic N) is 5. The Hall–Kier alpha value is -3.46. The molecule has 9 nitrogen and oxygen atoms in total. The predicted octanol–water partition coefficient (Wildman–Crippen LogP) is 3.74. The first-order valence-electron chi connectivity index (χ1n) is 10.3. The number of anilines is 1. The number of hydrazone groups is 1. The molecule has 3 N–H and O–H groups in total. The van der Waals surface area contributed by atoms with Gasteiger partial charge in [0.05, 0.1) is 34.9 Å². The van der Waals surface area contributed by atoms with E-state index in [0.29, 0.717) is 33.6 Å². The summed E-state index contributed by atoms with van der Waals surface area (Å²) in [5.74, 6) is -0.547. The number of alkyl halides is 2. The fraction of sp³-hybridized carbons (Fsp3) is 0.273. The third-order valence-corrected chi connectivity index (χ3v) is 5.77. The summed E-state index contributed by atoms with van der Waals surface area (Å²) in [5.41, 5.74) is 6.99. The highest BCUT2D eigenvalue weighted by Crippen LogP contribution is 2.27. The number of carbonyl (C=O) groups is 1. The Morgan fingerprint density at radius 3 is 2.77 bits per heavy atom. The number of nitrogens with two attached hydrogens (primary N) is 1. The summed E-state index contributed by atoms with van der Waals surface area (Å²) in [6, 6.07) is 10.4. The van der Waals surface area contributed by atoms with E-state index in [1.54, 1.807) is 30.5 Å². The number of ether oxygens (including phenoxy) is 1. The lowest BCUT2D eigenvalue weighted by atomic mass is 10.0. The van der Waals surface area contributed by atoms with Gasteiger partial charge in [0.25, 0.3) is 0 Å². The fourth-order valence-corrected chi connectivity index (χ4v) is 3.83. The number of hydrogen-bond donors (Lipinski definition) is 2. The molecule has 0 fully saturated rings. The van der Waals surface area contributed by atoms with Crippen LogP contribution in [0.5, 0.6) is 5.75 Å². The van der Waals surface area contributed by atoms with Crippen LogP contribution >= 0.6 is 23.2 Å². The Morgan fingerprint density at radius 1 is 1.37 bits per heavy atom. The van der Waals surface area contributed by atoms with Crippen molar-refractivity contribution in [3.05, 3.63) is 58.1 Å². The molecule has 13 heteroatoms. The minimum absolute atomic E-state index is 0.0273. The lowest BCUT2D eigenvalue weighted by molar-refractivity contribution is -0.119. The van der Waals surface area contributed by atoms with Crippen LogP contribution in [0.4, 0.5) is 14.5 Å². The highest BCUT2D eigenvalue weighted by atomic mass is 35.5. The van der Waals surface area contributed by atoms with E-state index in [-0.39, 0.29) is 24.8 Å². The summed E-state index contributed by atoms with van der Waals surface area (Å²) < 4.78 is 29.6. The van der Waals surface area contributed by atoms with Crippen LogP contribution in [0.25, 0.3) is 0 Å². The van der Waals surface area contributed by atoms with Crippen molar-refractivity contribution in [2.24, 2.45) is 15.8 Å². The minimum Gasteiger partial charge on any atom is -0.435 e. The molecular formula is C22H21Cl2F2N7O2. The van der Waals surface area contributed by atoms with Crippen molar-refractivity contribution in [3.8, 4) is 11.9 Å². The average Bonchev–Trinajstić information content (AvgIpc) is 3.24. The standard InChI is InChI=1S/C22H21Cl2F2N7O2/c1-2-32(11-19(28)34)18-10-33(31-20(18)13-6-7-16(23)17(24)8-13)22(29-12-27)30-14-4-3-5-15(9-14)35-21(25)26/h3-9,18,21H,2,10-11H2,1H3,(H2,28,34)(H,29,30). The fourth-order valence-electron chi connectivity index (χ4n) is 3.53. The van der Waals surface area contributed by atoms with Crippen molar-refractivity contribution < 1.29 is 18.3 Å². The van der Waals surface area contributed by atoms with Gasteiger partial charge in [-0.2, -0.15) is 19.1 Å². The van der Waals surface area contributed by atoms with Crippen LogP contribution in [0, 0.1) is 11.5 Å². The Balaban J connectivity index is 1.97. The maximum Gasteiger partial charge on any atom is 0.387 e. The zero-order valence-electron chi connectivity index (χ0n) is 18.5. The molecule has 1 aliphatic rings. The van der Waals surface area contributed by atoms with Crippen LogP contribution in [-0.4, -0.2) is 59.8 Å². The van der Waals surface area contributed by atoms with Gasteiger partial charge in [-0.05, 0) is 30.8 Å².